The Morgan fingerprint density at radius 2 is 2.11 bits per heavy atom. The number of rotatable bonds is 2. The normalized spacial score (nSPS) is 20.4. The number of fused-ring (bicyclic) bond motifs is 1. The van der Waals surface area contributed by atoms with E-state index >= 15 is 0 Å². The van der Waals surface area contributed by atoms with Crippen molar-refractivity contribution in [2.24, 2.45) is 0 Å². The second-order valence-electron chi connectivity index (χ2n) is 5.67. The van der Waals surface area contributed by atoms with Crippen molar-refractivity contribution in [1.29, 1.82) is 0 Å². The van der Waals surface area contributed by atoms with Gasteiger partial charge in [0.2, 0.25) is 0 Å². The van der Waals surface area contributed by atoms with Crippen LogP contribution in [-0.2, 0) is 6.42 Å². The minimum atomic E-state index is 0.665. The highest BCUT2D eigenvalue weighted by atomic mass is 14.9. The highest BCUT2D eigenvalue weighted by molar-refractivity contribution is 5.87. The molecule has 1 aliphatic rings. The van der Waals surface area contributed by atoms with Crippen molar-refractivity contribution in [2.75, 3.05) is 6.54 Å². The average Bonchev–Trinajstić information content (AvgIpc) is 2.73. The SMILES string of the molecule is Cc1cc(C)c2c(CC3CCCCN3)c[nH]c2c1. The van der Waals surface area contributed by atoms with Crippen LogP contribution >= 0.6 is 0 Å². The third-order valence-corrected chi connectivity index (χ3v) is 4.08. The van der Waals surface area contributed by atoms with Crippen LogP contribution in [0.5, 0.6) is 0 Å². The van der Waals surface area contributed by atoms with E-state index in [1.165, 1.54) is 53.4 Å². The molecule has 2 N–H and O–H groups in total. The lowest BCUT2D eigenvalue weighted by Gasteiger charge is -2.23. The molecular weight excluding hydrogens is 220 g/mol. The van der Waals surface area contributed by atoms with Gasteiger partial charge in [0.1, 0.15) is 0 Å². The van der Waals surface area contributed by atoms with E-state index in [2.05, 4.69) is 42.5 Å². The fourth-order valence-electron chi connectivity index (χ4n) is 3.27. The van der Waals surface area contributed by atoms with Gasteiger partial charge in [-0.3, -0.25) is 0 Å². The van der Waals surface area contributed by atoms with Crippen molar-refractivity contribution in [2.45, 2.75) is 45.6 Å². The van der Waals surface area contributed by atoms with Crippen LogP contribution in [-0.4, -0.2) is 17.6 Å². The predicted molar refractivity (Wildman–Crippen MR) is 77.1 cm³/mol. The summed E-state index contributed by atoms with van der Waals surface area (Å²) in [5.74, 6) is 0. The summed E-state index contributed by atoms with van der Waals surface area (Å²) in [7, 11) is 0. The fourth-order valence-corrected chi connectivity index (χ4v) is 3.27. The van der Waals surface area contributed by atoms with Crippen LogP contribution in [0.2, 0.25) is 0 Å². The summed E-state index contributed by atoms with van der Waals surface area (Å²) in [5, 5.41) is 5.08. The number of hydrogen-bond donors (Lipinski definition) is 2. The van der Waals surface area contributed by atoms with Gasteiger partial charge in [-0.25, -0.2) is 0 Å². The van der Waals surface area contributed by atoms with Crippen molar-refractivity contribution in [3.8, 4) is 0 Å². The molecule has 1 aromatic heterocycles. The molecule has 0 radical (unpaired) electrons. The summed E-state index contributed by atoms with van der Waals surface area (Å²) < 4.78 is 0. The van der Waals surface area contributed by atoms with Gasteiger partial charge in [-0.2, -0.15) is 0 Å². The second kappa shape index (κ2) is 4.77. The maximum absolute atomic E-state index is 3.64. The molecule has 2 heteroatoms. The molecule has 1 fully saturated rings. The third-order valence-electron chi connectivity index (χ3n) is 4.08. The Labute approximate surface area is 109 Å². The number of aromatic amines is 1. The predicted octanol–water partition coefficient (Wildman–Crippen LogP) is 3.47. The molecule has 0 amide bonds. The van der Waals surface area contributed by atoms with Crippen molar-refractivity contribution in [3.63, 3.8) is 0 Å². The number of H-pyrrole nitrogens is 1. The van der Waals surface area contributed by atoms with E-state index in [1.807, 2.05) is 0 Å². The molecule has 0 saturated carbocycles. The Kier molecular flexibility index (Phi) is 3.13. The molecule has 2 aromatic rings. The van der Waals surface area contributed by atoms with Crippen molar-refractivity contribution >= 4 is 10.9 Å². The largest absolute Gasteiger partial charge is 0.361 e. The number of benzene rings is 1. The van der Waals surface area contributed by atoms with E-state index in [1.54, 1.807) is 0 Å². The topological polar surface area (TPSA) is 27.8 Å². The maximum Gasteiger partial charge on any atom is 0.0462 e. The third kappa shape index (κ3) is 2.17. The minimum Gasteiger partial charge on any atom is -0.361 e. The van der Waals surface area contributed by atoms with Crippen molar-refractivity contribution in [1.82, 2.24) is 10.3 Å². The molecule has 1 aliphatic heterocycles. The highest BCUT2D eigenvalue weighted by Crippen LogP contribution is 2.26. The highest BCUT2D eigenvalue weighted by Gasteiger charge is 2.15. The molecule has 0 spiro atoms. The van der Waals surface area contributed by atoms with Gasteiger partial charge in [0.15, 0.2) is 0 Å². The van der Waals surface area contributed by atoms with Crippen LogP contribution in [0.1, 0.15) is 36.0 Å². The van der Waals surface area contributed by atoms with Gasteiger partial charge in [0.05, 0.1) is 0 Å². The summed E-state index contributed by atoms with van der Waals surface area (Å²) in [6, 6.07) is 5.20. The van der Waals surface area contributed by atoms with Crippen molar-refractivity contribution in [3.05, 3.63) is 35.0 Å². The average molecular weight is 242 g/mol. The molecular formula is C16H22N2. The molecule has 1 atom stereocenters. The van der Waals surface area contributed by atoms with Gasteiger partial charge < -0.3 is 10.3 Å². The zero-order chi connectivity index (χ0) is 12.5. The summed E-state index contributed by atoms with van der Waals surface area (Å²) in [6.45, 7) is 5.57. The Morgan fingerprint density at radius 1 is 1.22 bits per heavy atom. The Bertz CT molecular complexity index is 547. The van der Waals surface area contributed by atoms with Crippen LogP contribution in [0.15, 0.2) is 18.3 Å². The van der Waals surface area contributed by atoms with Gasteiger partial charge in [0, 0.05) is 23.1 Å². The summed E-state index contributed by atoms with van der Waals surface area (Å²) in [4.78, 5) is 3.43. The molecule has 2 nitrogen and oxygen atoms in total. The van der Waals surface area contributed by atoms with Crippen LogP contribution in [0.4, 0.5) is 0 Å². The van der Waals surface area contributed by atoms with Gasteiger partial charge in [-0.1, -0.05) is 12.5 Å². The van der Waals surface area contributed by atoms with E-state index in [4.69, 9.17) is 0 Å². The molecule has 0 bridgehead atoms. The van der Waals surface area contributed by atoms with Crippen LogP contribution in [0, 0.1) is 13.8 Å². The first-order chi connectivity index (χ1) is 8.74. The first-order valence-corrected chi connectivity index (χ1v) is 7.04. The molecule has 18 heavy (non-hydrogen) atoms. The summed E-state index contributed by atoms with van der Waals surface area (Å²) >= 11 is 0. The van der Waals surface area contributed by atoms with E-state index in [0.29, 0.717) is 6.04 Å². The molecule has 1 aromatic carbocycles. The molecule has 96 valence electrons. The Morgan fingerprint density at radius 3 is 2.89 bits per heavy atom. The number of aromatic nitrogens is 1. The second-order valence-corrected chi connectivity index (χ2v) is 5.67. The minimum absolute atomic E-state index is 0.665. The fraction of sp³-hybridized carbons (Fsp3) is 0.500. The number of hydrogen-bond acceptors (Lipinski definition) is 1. The van der Waals surface area contributed by atoms with Crippen LogP contribution in [0.3, 0.4) is 0 Å². The Hall–Kier alpha value is -1.28. The smallest absolute Gasteiger partial charge is 0.0462 e. The quantitative estimate of drug-likeness (QED) is 0.829. The van der Waals surface area contributed by atoms with Crippen LogP contribution in [0.25, 0.3) is 10.9 Å². The zero-order valence-corrected chi connectivity index (χ0v) is 11.3. The first-order valence-electron chi connectivity index (χ1n) is 7.04. The molecule has 1 saturated heterocycles. The molecule has 2 heterocycles. The van der Waals surface area contributed by atoms with Gasteiger partial charge in [0.25, 0.3) is 0 Å². The molecule has 3 rings (SSSR count). The number of nitrogens with one attached hydrogen (secondary N) is 2. The zero-order valence-electron chi connectivity index (χ0n) is 11.3. The number of aryl methyl sites for hydroxylation is 2. The first kappa shape index (κ1) is 11.8. The monoisotopic (exact) mass is 242 g/mol. The van der Waals surface area contributed by atoms with E-state index in [0.717, 1.165) is 6.42 Å². The summed E-state index contributed by atoms with van der Waals surface area (Å²) in [5.41, 5.74) is 5.50. The standard InChI is InChI=1S/C16H22N2/c1-11-7-12(2)16-13(10-18-15(16)8-11)9-14-5-3-4-6-17-14/h7-8,10,14,17-18H,3-6,9H2,1-2H3. The van der Waals surface area contributed by atoms with Gasteiger partial charge in [-0.15, -0.1) is 0 Å². The lowest BCUT2D eigenvalue weighted by molar-refractivity contribution is 0.400. The lowest BCUT2D eigenvalue weighted by Crippen LogP contribution is -2.35. The summed E-state index contributed by atoms with van der Waals surface area (Å²) in [6.07, 6.45) is 7.38. The van der Waals surface area contributed by atoms with Gasteiger partial charge in [-0.05, 0) is 62.4 Å². The lowest BCUT2D eigenvalue weighted by atomic mass is 9.96. The number of piperidine rings is 1. The van der Waals surface area contributed by atoms with E-state index in [9.17, 15) is 0 Å². The van der Waals surface area contributed by atoms with E-state index < -0.39 is 0 Å². The van der Waals surface area contributed by atoms with Gasteiger partial charge >= 0.3 is 0 Å². The maximum atomic E-state index is 3.64. The Balaban J connectivity index is 1.92. The van der Waals surface area contributed by atoms with Crippen molar-refractivity contribution < 1.29 is 0 Å². The van der Waals surface area contributed by atoms with E-state index in [-0.39, 0.29) is 0 Å². The van der Waals surface area contributed by atoms with Crippen LogP contribution < -0.4 is 5.32 Å². The molecule has 0 aliphatic carbocycles. The molecule has 1 unspecified atom stereocenters.